The van der Waals surface area contributed by atoms with Crippen molar-refractivity contribution < 1.29 is 4.74 Å². The van der Waals surface area contributed by atoms with E-state index in [4.69, 9.17) is 4.74 Å². The smallest absolute Gasteiger partial charge is 0.0516 e. The van der Waals surface area contributed by atoms with Gasteiger partial charge in [0.15, 0.2) is 0 Å². The molecule has 1 fully saturated rings. The average Bonchev–Trinajstić information content (AvgIpc) is 2.25. The van der Waals surface area contributed by atoms with Gasteiger partial charge in [-0.2, -0.15) is 0 Å². The molecule has 94 valence electrons. The summed E-state index contributed by atoms with van der Waals surface area (Å²) in [6, 6.07) is 6.78. The summed E-state index contributed by atoms with van der Waals surface area (Å²) in [7, 11) is 2.04. The molecule has 1 aromatic rings. The van der Waals surface area contributed by atoms with Gasteiger partial charge in [-0.1, -0.05) is 23.8 Å². The van der Waals surface area contributed by atoms with Gasteiger partial charge >= 0.3 is 0 Å². The molecule has 1 aliphatic heterocycles. The van der Waals surface area contributed by atoms with Crippen LogP contribution in [0.4, 0.5) is 0 Å². The first-order valence-electron chi connectivity index (χ1n) is 6.50. The molecule has 1 saturated heterocycles. The molecule has 2 nitrogen and oxygen atoms in total. The van der Waals surface area contributed by atoms with Crippen LogP contribution in [-0.2, 0) is 4.74 Å². The van der Waals surface area contributed by atoms with Crippen LogP contribution in [0.15, 0.2) is 18.2 Å². The fourth-order valence-electron chi connectivity index (χ4n) is 2.59. The normalized spacial score (nSPS) is 17.8. The molecule has 0 radical (unpaired) electrons. The van der Waals surface area contributed by atoms with Crippen LogP contribution < -0.4 is 5.32 Å². The summed E-state index contributed by atoms with van der Waals surface area (Å²) in [6.45, 7) is 7.34. The van der Waals surface area contributed by atoms with E-state index in [-0.39, 0.29) is 0 Å². The lowest BCUT2D eigenvalue weighted by Gasteiger charge is -2.30. The van der Waals surface area contributed by atoms with Crippen molar-refractivity contribution in [3.05, 3.63) is 34.9 Å². The lowest BCUT2D eigenvalue weighted by atomic mass is 9.85. The summed E-state index contributed by atoms with van der Waals surface area (Å²) < 4.78 is 5.28. The third-order valence-electron chi connectivity index (χ3n) is 3.65. The Bertz CT molecular complexity index is 371. The minimum atomic E-state index is 0.619. The summed E-state index contributed by atoms with van der Waals surface area (Å²) in [6.07, 6.45) is 1.24. The Morgan fingerprint density at radius 3 is 2.71 bits per heavy atom. The van der Waals surface area contributed by atoms with Gasteiger partial charge in [-0.05, 0) is 44.4 Å². The number of hydrogen-bond donors (Lipinski definition) is 1. The first-order valence-corrected chi connectivity index (χ1v) is 6.50. The van der Waals surface area contributed by atoms with E-state index < -0.39 is 0 Å². The van der Waals surface area contributed by atoms with Crippen molar-refractivity contribution in [1.29, 1.82) is 0 Å². The van der Waals surface area contributed by atoms with Crippen LogP contribution in [0.5, 0.6) is 0 Å². The molecule has 1 unspecified atom stereocenters. The molecule has 1 aliphatic rings. The minimum Gasteiger partial charge on any atom is -0.381 e. The van der Waals surface area contributed by atoms with Gasteiger partial charge in [0.05, 0.1) is 13.2 Å². The van der Waals surface area contributed by atoms with Crippen LogP contribution in [-0.4, -0.2) is 26.8 Å². The van der Waals surface area contributed by atoms with Gasteiger partial charge in [-0.3, -0.25) is 0 Å². The lowest BCUT2D eigenvalue weighted by Crippen LogP contribution is -2.31. The third kappa shape index (κ3) is 3.08. The summed E-state index contributed by atoms with van der Waals surface area (Å²) in [5, 5.41) is 3.33. The second-order valence-electron chi connectivity index (χ2n) is 5.25. The quantitative estimate of drug-likeness (QED) is 0.844. The first-order chi connectivity index (χ1) is 8.20. The second kappa shape index (κ2) is 5.65. The van der Waals surface area contributed by atoms with E-state index in [1.807, 2.05) is 7.05 Å². The van der Waals surface area contributed by atoms with Crippen molar-refractivity contribution in [2.75, 3.05) is 26.8 Å². The molecule has 0 aromatic heterocycles. The number of rotatable bonds is 5. The highest BCUT2D eigenvalue weighted by Crippen LogP contribution is 2.29. The van der Waals surface area contributed by atoms with Gasteiger partial charge in [-0.25, -0.2) is 0 Å². The van der Waals surface area contributed by atoms with E-state index in [1.165, 1.54) is 23.1 Å². The molecule has 2 rings (SSSR count). The third-order valence-corrected chi connectivity index (χ3v) is 3.65. The van der Waals surface area contributed by atoms with E-state index in [0.29, 0.717) is 5.92 Å². The molecular weight excluding hydrogens is 210 g/mol. The maximum Gasteiger partial charge on any atom is 0.0516 e. The van der Waals surface area contributed by atoms with Gasteiger partial charge in [-0.15, -0.1) is 0 Å². The standard InChI is InChI=1S/C15H23NO/c1-11-4-5-12(2)15(6-11)14(8-16-3)7-13-9-17-10-13/h4-6,13-14,16H,7-10H2,1-3H3. The number of hydrogen-bond acceptors (Lipinski definition) is 2. The molecule has 0 bridgehead atoms. The molecule has 0 spiro atoms. The number of aryl methyl sites for hydroxylation is 2. The minimum absolute atomic E-state index is 0.619. The van der Waals surface area contributed by atoms with Crippen LogP contribution in [0.1, 0.15) is 29.0 Å². The molecule has 1 aromatic carbocycles. The molecule has 17 heavy (non-hydrogen) atoms. The zero-order chi connectivity index (χ0) is 12.3. The van der Waals surface area contributed by atoms with E-state index in [1.54, 1.807) is 0 Å². The average molecular weight is 233 g/mol. The largest absolute Gasteiger partial charge is 0.381 e. The first kappa shape index (κ1) is 12.6. The Labute approximate surface area is 104 Å². The Kier molecular flexibility index (Phi) is 4.19. The molecule has 1 atom stereocenters. The van der Waals surface area contributed by atoms with Gasteiger partial charge in [0.25, 0.3) is 0 Å². The number of benzene rings is 1. The summed E-state index contributed by atoms with van der Waals surface area (Å²) in [4.78, 5) is 0. The zero-order valence-electron chi connectivity index (χ0n) is 11.1. The highest BCUT2D eigenvalue weighted by molar-refractivity contribution is 5.33. The highest BCUT2D eigenvalue weighted by atomic mass is 16.5. The fraction of sp³-hybridized carbons (Fsp3) is 0.600. The second-order valence-corrected chi connectivity index (χ2v) is 5.25. The Balaban J connectivity index is 2.14. The Hall–Kier alpha value is -0.860. The van der Waals surface area contributed by atoms with E-state index in [0.717, 1.165) is 25.7 Å². The van der Waals surface area contributed by atoms with Crippen LogP contribution in [0.25, 0.3) is 0 Å². The van der Waals surface area contributed by atoms with Crippen LogP contribution in [0, 0.1) is 19.8 Å². The number of ether oxygens (including phenoxy) is 1. The van der Waals surface area contributed by atoms with Crippen molar-refractivity contribution in [1.82, 2.24) is 5.32 Å². The Morgan fingerprint density at radius 2 is 2.12 bits per heavy atom. The molecule has 1 N–H and O–H groups in total. The topological polar surface area (TPSA) is 21.3 Å². The molecule has 0 saturated carbocycles. The molecule has 0 aliphatic carbocycles. The highest BCUT2D eigenvalue weighted by Gasteiger charge is 2.24. The van der Waals surface area contributed by atoms with Crippen molar-refractivity contribution in [3.8, 4) is 0 Å². The van der Waals surface area contributed by atoms with Gasteiger partial charge in [0.2, 0.25) is 0 Å². The summed E-state index contributed by atoms with van der Waals surface area (Å²) in [5.74, 6) is 1.38. The SMILES string of the molecule is CNCC(CC1COC1)c1cc(C)ccc1C. The molecular formula is C15H23NO. The molecule has 0 amide bonds. The van der Waals surface area contributed by atoms with Crippen molar-refractivity contribution >= 4 is 0 Å². The van der Waals surface area contributed by atoms with Crippen molar-refractivity contribution in [3.63, 3.8) is 0 Å². The predicted molar refractivity (Wildman–Crippen MR) is 71.5 cm³/mol. The van der Waals surface area contributed by atoms with Crippen molar-refractivity contribution in [2.45, 2.75) is 26.2 Å². The predicted octanol–water partition coefficient (Wildman–Crippen LogP) is 2.64. The van der Waals surface area contributed by atoms with Crippen molar-refractivity contribution in [2.24, 2.45) is 5.92 Å². The monoisotopic (exact) mass is 233 g/mol. The zero-order valence-corrected chi connectivity index (χ0v) is 11.1. The summed E-state index contributed by atoms with van der Waals surface area (Å²) >= 11 is 0. The van der Waals surface area contributed by atoms with E-state index in [2.05, 4.69) is 37.4 Å². The van der Waals surface area contributed by atoms with Gasteiger partial charge in [0, 0.05) is 12.5 Å². The van der Waals surface area contributed by atoms with Gasteiger partial charge in [0.1, 0.15) is 0 Å². The van der Waals surface area contributed by atoms with Crippen LogP contribution in [0.3, 0.4) is 0 Å². The Morgan fingerprint density at radius 1 is 1.35 bits per heavy atom. The molecule has 2 heteroatoms. The maximum atomic E-state index is 5.28. The lowest BCUT2D eigenvalue weighted by molar-refractivity contribution is -0.0384. The number of likely N-dealkylation sites (N-methyl/N-ethyl adjacent to an activating group) is 1. The van der Waals surface area contributed by atoms with Crippen LogP contribution >= 0.6 is 0 Å². The van der Waals surface area contributed by atoms with E-state index in [9.17, 15) is 0 Å². The molecule has 1 heterocycles. The maximum absolute atomic E-state index is 5.28. The van der Waals surface area contributed by atoms with Gasteiger partial charge < -0.3 is 10.1 Å². The van der Waals surface area contributed by atoms with Crippen LogP contribution in [0.2, 0.25) is 0 Å². The number of nitrogens with one attached hydrogen (secondary N) is 1. The summed E-state index contributed by atoms with van der Waals surface area (Å²) in [5.41, 5.74) is 4.28. The fourth-order valence-corrected chi connectivity index (χ4v) is 2.59. The van der Waals surface area contributed by atoms with E-state index >= 15 is 0 Å².